The third kappa shape index (κ3) is 7.16. The summed E-state index contributed by atoms with van der Waals surface area (Å²) in [6.45, 7) is 4.12. The molecule has 1 aliphatic heterocycles. The van der Waals surface area contributed by atoms with Crippen LogP contribution in [-0.4, -0.2) is 29.2 Å². The zero-order valence-corrected chi connectivity index (χ0v) is 11.2. The van der Waals surface area contributed by atoms with E-state index in [9.17, 15) is 0 Å². The summed E-state index contributed by atoms with van der Waals surface area (Å²) >= 11 is 4.23. The van der Waals surface area contributed by atoms with Crippen molar-refractivity contribution < 1.29 is 0 Å². The van der Waals surface area contributed by atoms with Crippen LogP contribution >= 0.6 is 23.5 Å². The maximum Gasteiger partial charge on any atom is 0.0576 e. The van der Waals surface area contributed by atoms with Crippen molar-refractivity contribution in [3.8, 4) is 11.8 Å². The van der Waals surface area contributed by atoms with Crippen LogP contribution in [0.25, 0.3) is 0 Å². The predicted octanol–water partition coefficient (Wildman–Crippen LogP) is 2.97. The average Bonchev–Trinajstić information content (AvgIpc) is 2.29. The highest BCUT2D eigenvalue weighted by Crippen LogP contribution is 2.33. The molecule has 0 aromatic carbocycles. The minimum Gasteiger partial charge on any atom is -0.306 e. The highest BCUT2D eigenvalue weighted by molar-refractivity contribution is 8.17. The molecule has 1 saturated heterocycles. The Balaban J connectivity index is 1.94. The van der Waals surface area contributed by atoms with Gasteiger partial charge in [0, 0.05) is 6.42 Å². The SMILES string of the molecule is CCCNCC#CCCC1SCCCS1. The van der Waals surface area contributed by atoms with Crippen LogP contribution in [0.15, 0.2) is 0 Å². The molecule has 0 amide bonds. The van der Waals surface area contributed by atoms with Gasteiger partial charge in [-0.25, -0.2) is 0 Å². The van der Waals surface area contributed by atoms with Gasteiger partial charge in [0.05, 0.1) is 11.1 Å². The fourth-order valence-corrected chi connectivity index (χ4v) is 4.23. The number of hydrogen-bond donors (Lipinski definition) is 1. The first-order chi connectivity index (χ1) is 7.43. The van der Waals surface area contributed by atoms with Gasteiger partial charge in [-0.15, -0.1) is 29.4 Å². The van der Waals surface area contributed by atoms with Crippen molar-refractivity contribution in [1.29, 1.82) is 0 Å². The molecule has 0 unspecified atom stereocenters. The molecule has 1 rings (SSSR count). The van der Waals surface area contributed by atoms with E-state index >= 15 is 0 Å². The number of nitrogens with one attached hydrogen (secondary N) is 1. The molecule has 0 saturated carbocycles. The van der Waals surface area contributed by atoms with E-state index < -0.39 is 0 Å². The van der Waals surface area contributed by atoms with E-state index in [1.165, 1.54) is 30.8 Å². The van der Waals surface area contributed by atoms with E-state index in [2.05, 4.69) is 47.6 Å². The summed E-state index contributed by atoms with van der Waals surface area (Å²) in [5.41, 5.74) is 0. The Morgan fingerprint density at radius 2 is 2.07 bits per heavy atom. The average molecular weight is 243 g/mol. The van der Waals surface area contributed by atoms with Crippen molar-refractivity contribution in [2.45, 2.75) is 37.2 Å². The molecule has 3 heteroatoms. The molecule has 15 heavy (non-hydrogen) atoms. The Kier molecular flexibility index (Phi) is 8.37. The molecule has 0 spiro atoms. The first-order valence-corrected chi connectivity index (χ1v) is 7.93. The third-order valence-corrected chi connectivity index (χ3v) is 5.25. The third-order valence-electron chi connectivity index (χ3n) is 2.17. The fraction of sp³-hybridized carbons (Fsp3) is 0.833. The highest BCUT2D eigenvalue weighted by Gasteiger charge is 2.12. The van der Waals surface area contributed by atoms with Gasteiger partial charge < -0.3 is 5.32 Å². The molecule has 0 atom stereocenters. The number of thioether (sulfide) groups is 2. The fourth-order valence-electron chi connectivity index (χ4n) is 1.37. The Labute approximate surface area is 103 Å². The lowest BCUT2D eigenvalue weighted by molar-refractivity contribution is 0.736. The molecule has 1 fully saturated rings. The van der Waals surface area contributed by atoms with E-state index in [-0.39, 0.29) is 0 Å². The highest BCUT2D eigenvalue weighted by atomic mass is 32.2. The van der Waals surface area contributed by atoms with Crippen molar-refractivity contribution in [2.75, 3.05) is 24.6 Å². The lowest BCUT2D eigenvalue weighted by Crippen LogP contribution is -2.14. The molecule has 0 radical (unpaired) electrons. The van der Waals surface area contributed by atoms with Gasteiger partial charge in [-0.3, -0.25) is 0 Å². The van der Waals surface area contributed by atoms with Crippen molar-refractivity contribution in [2.24, 2.45) is 0 Å². The standard InChI is InChI=1S/C12H21NS2/c1-2-8-13-9-5-3-4-7-12-14-10-6-11-15-12/h12-13H,2,4,6-11H2,1H3. The van der Waals surface area contributed by atoms with Gasteiger partial charge >= 0.3 is 0 Å². The zero-order chi connectivity index (χ0) is 10.8. The largest absolute Gasteiger partial charge is 0.306 e. The Hall–Kier alpha value is 0.220. The quantitative estimate of drug-likeness (QED) is 0.589. The van der Waals surface area contributed by atoms with E-state index in [4.69, 9.17) is 0 Å². The first-order valence-electron chi connectivity index (χ1n) is 5.83. The molecule has 86 valence electrons. The molecule has 1 heterocycles. The molecular weight excluding hydrogens is 222 g/mol. The van der Waals surface area contributed by atoms with Crippen molar-refractivity contribution in [1.82, 2.24) is 5.32 Å². The molecule has 1 N–H and O–H groups in total. The van der Waals surface area contributed by atoms with Gasteiger partial charge in [-0.1, -0.05) is 12.8 Å². The summed E-state index contributed by atoms with van der Waals surface area (Å²) in [5, 5.41) is 3.29. The second kappa shape index (κ2) is 9.45. The van der Waals surface area contributed by atoms with Gasteiger partial charge in [0.15, 0.2) is 0 Å². The summed E-state index contributed by atoms with van der Waals surface area (Å²) in [7, 11) is 0. The zero-order valence-electron chi connectivity index (χ0n) is 9.55. The van der Waals surface area contributed by atoms with E-state index in [1.807, 2.05) is 0 Å². The molecule has 1 aliphatic rings. The summed E-state index contributed by atoms with van der Waals surface area (Å²) in [4.78, 5) is 0. The molecule has 0 aliphatic carbocycles. The monoisotopic (exact) mass is 243 g/mol. The topological polar surface area (TPSA) is 12.0 Å². The van der Waals surface area contributed by atoms with Crippen molar-refractivity contribution in [3.63, 3.8) is 0 Å². The van der Waals surface area contributed by atoms with Gasteiger partial charge in [-0.2, -0.15) is 0 Å². The van der Waals surface area contributed by atoms with Gasteiger partial charge in [0.25, 0.3) is 0 Å². The van der Waals surface area contributed by atoms with Crippen LogP contribution in [0, 0.1) is 11.8 Å². The van der Waals surface area contributed by atoms with Crippen molar-refractivity contribution >= 4 is 23.5 Å². The lowest BCUT2D eigenvalue weighted by Gasteiger charge is -2.19. The summed E-state index contributed by atoms with van der Waals surface area (Å²) in [6.07, 6.45) is 4.91. The second-order valence-electron chi connectivity index (χ2n) is 3.59. The summed E-state index contributed by atoms with van der Waals surface area (Å²) in [6, 6.07) is 0. The molecule has 0 bridgehead atoms. The molecule has 0 aromatic rings. The van der Waals surface area contributed by atoms with E-state index in [0.29, 0.717) is 0 Å². The van der Waals surface area contributed by atoms with E-state index in [1.54, 1.807) is 0 Å². The molecule has 1 nitrogen and oxygen atoms in total. The summed E-state index contributed by atoms with van der Waals surface area (Å²) in [5.74, 6) is 9.13. The van der Waals surface area contributed by atoms with Crippen LogP contribution in [0.3, 0.4) is 0 Å². The first kappa shape index (κ1) is 13.3. The van der Waals surface area contributed by atoms with Crippen LogP contribution in [0.5, 0.6) is 0 Å². The number of rotatable bonds is 5. The second-order valence-corrected chi connectivity index (χ2v) is 6.51. The minimum absolute atomic E-state index is 0.816. The van der Waals surface area contributed by atoms with Crippen LogP contribution < -0.4 is 5.32 Å². The van der Waals surface area contributed by atoms with Crippen LogP contribution in [-0.2, 0) is 0 Å². The van der Waals surface area contributed by atoms with Gasteiger partial charge in [0.2, 0.25) is 0 Å². The smallest absolute Gasteiger partial charge is 0.0576 e. The van der Waals surface area contributed by atoms with E-state index in [0.717, 1.165) is 24.1 Å². The van der Waals surface area contributed by atoms with Crippen LogP contribution in [0.4, 0.5) is 0 Å². The Morgan fingerprint density at radius 1 is 1.27 bits per heavy atom. The van der Waals surface area contributed by atoms with Crippen molar-refractivity contribution in [3.05, 3.63) is 0 Å². The molecular formula is C12H21NS2. The Morgan fingerprint density at radius 3 is 2.80 bits per heavy atom. The maximum absolute atomic E-state index is 3.29. The van der Waals surface area contributed by atoms with Gasteiger partial charge in [-0.05, 0) is 37.3 Å². The van der Waals surface area contributed by atoms with Gasteiger partial charge in [0.1, 0.15) is 0 Å². The molecule has 0 aromatic heterocycles. The van der Waals surface area contributed by atoms with Crippen LogP contribution in [0.1, 0.15) is 32.6 Å². The normalized spacial score (nSPS) is 17.1. The summed E-state index contributed by atoms with van der Waals surface area (Å²) < 4.78 is 0.816. The predicted molar refractivity (Wildman–Crippen MR) is 73.5 cm³/mol. The Bertz CT molecular complexity index is 201. The lowest BCUT2D eigenvalue weighted by atomic mass is 10.3. The maximum atomic E-state index is 3.29. The number of hydrogen-bond acceptors (Lipinski definition) is 3. The van der Waals surface area contributed by atoms with Crippen LogP contribution in [0.2, 0.25) is 0 Å². The minimum atomic E-state index is 0.816.